The van der Waals surface area contributed by atoms with Gasteiger partial charge in [0.15, 0.2) is 0 Å². The number of nitrogens with two attached hydrogens (primary N) is 1. The van der Waals surface area contributed by atoms with Crippen molar-refractivity contribution >= 4 is 17.4 Å². The molecule has 0 bridgehead atoms. The molecule has 17 heavy (non-hydrogen) atoms. The van der Waals surface area contributed by atoms with Gasteiger partial charge >= 0.3 is 0 Å². The van der Waals surface area contributed by atoms with Crippen molar-refractivity contribution in [2.45, 2.75) is 0 Å². The van der Waals surface area contributed by atoms with Gasteiger partial charge in [0.1, 0.15) is 17.4 Å². The normalized spacial score (nSPS) is 10.2. The molecule has 0 aliphatic carbocycles. The van der Waals surface area contributed by atoms with E-state index in [4.69, 9.17) is 22.1 Å². The number of nitrogens with zero attached hydrogens (tertiary/aromatic N) is 1. The maximum Gasteiger partial charge on any atom is 0.253 e. The number of benzene rings is 1. The van der Waals surface area contributed by atoms with Crippen LogP contribution < -0.4 is 16.0 Å². The van der Waals surface area contributed by atoms with Crippen molar-refractivity contribution in [2.75, 3.05) is 12.8 Å². The van der Waals surface area contributed by atoms with Gasteiger partial charge < -0.3 is 15.5 Å². The van der Waals surface area contributed by atoms with Crippen LogP contribution in [0.5, 0.6) is 5.75 Å². The average molecular weight is 252 g/mol. The predicted octanol–water partition coefficient (Wildman–Crippen LogP) is 1.68. The summed E-state index contributed by atoms with van der Waals surface area (Å²) in [5.41, 5.74) is 5.83. The Labute approximate surface area is 102 Å². The van der Waals surface area contributed by atoms with Crippen molar-refractivity contribution in [3.05, 3.63) is 39.6 Å². The van der Waals surface area contributed by atoms with Crippen LogP contribution in [-0.2, 0) is 0 Å². The van der Waals surface area contributed by atoms with Crippen LogP contribution in [0.15, 0.2) is 29.1 Å². The van der Waals surface area contributed by atoms with Gasteiger partial charge in [-0.15, -0.1) is 0 Å². The lowest BCUT2D eigenvalue weighted by Crippen LogP contribution is -2.10. The number of aromatic amines is 1. The van der Waals surface area contributed by atoms with E-state index in [0.717, 1.165) is 0 Å². The standard InChI is InChI=1S/C11H10ClN3O2/c1-17-8-4-6(12)2-3-7(8)11-14-9(13)5-10(16)15-11/h2-5H,1H3,(H3,13,14,15,16). The molecular weight excluding hydrogens is 242 g/mol. The third-order valence-electron chi connectivity index (χ3n) is 2.18. The summed E-state index contributed by atoms with van der Waals surface area (Å²) in [7, 11) is 1.51. The van der Waals surface area contributed by atoms with E-state index in [1.807, 2.05) is 0 Å². The number of aromatic nitrogens is 2. The highest BCUT2D eigenvalue weighted by Gasteiger charge is 2.09. The van der Waals surface area contributed by atoms with Crippen molar-refractivity contribution in [1.29, 1.82) is 0 Å². The van der Waals surface area contributed by atoms with Crippen molar-refractivity contribution < 1.29 is 4.74 Å². The number of nitrogen functional groups attached to an aromatic ring is 1. The Morgan fingerprint density at radius 2 is 2.18 bits per heavy atom. The molecule has 3 N–H and O–H groups in total. The molecule has 0 radical (unpaired) electrons. The summed E-state index contributed by atoms with van der Waals surface area (Å²) in [6.07, 6.45) is 0. The first-order valence-electron chi connectivity index (χ1n) is 4.81. The van der Waals surface area contributed by atoms with E-state index in [-0.39, 0.29) is 11.4 Å². The maximum atomic E-state index is 11.3. The molecule has 0 spiro atoms. The fourth-order valence-electron chi connectivity index (χ4n) is 1.46. The molecule has 0 amide bonds. The average Bonchev–Trinajstić information content (AvgIpc) is 2.27. The van der Waals surface area contributed by atoms with Gasteiger partial charge in [0.05, 0.1) is 12.7 Å². The molecular formula is C11H10ClN3O2. The summed E-state index contributed by atoms with van der Waals surface area (Å²) in [6, 6.07) is 6.24. The van der Waals surface area contributed by atoms with E-state index in [1.54, 1.807) is 18.2 Å². The number of hydrogen-bond acceptors (Lipinski definition) is 4. The third-order valence-corrected chi connectivity index (χ3v) is 2.42. The van der Waals surface area contributed by atoms with Crippen LogP contribution in [0.4, 0.5) is 5.82 Å². The number of rotatable bonds is 2. The third kappa shape index (κ3) is 2.39. The van der Waals surface area contributed by atoms with Crippen LogP contribution in [0.25, 0.3) is 11.4 Å². The topological polar surface area (TPSA) is 81.0 Å². The Hall–Kier alpha value is -2.01. The minimum atomic E-state index is -0.315. The lowest BCUT2D eigenvalue weighted by atomic mass is 10.2. The van der Waals surface area contributed by atoms with Crippen LogP contribution in [0, 0.1) is 0 Å². The van der Waals surface area contributed by atoms with Crippen LogP contribution in [0.2, 0.25) is 5.02 Å². The summed E-state index contributed by atoms with van der Waals surface area (Å²) in [5.74, 6) is 1.02. The molecule has 6 heteroatoms. The molecule has 0 fully saturated rings. The molecule has 5 nitrogen and oxygen atoms in total. The fraction of sp³-hybridized carbons (Fsp3) is 0.0909. The van der Waals surface area contributed by atoms with Crippen LogP contribution >= 0.6 is 11.6 Å². The zero-order valence-electron chi connectivity index (χ0n) is 9.03. The smallest absolute Gasteiger partial charge is 0.253 e. The van der Waals surface area contributed by atoms with E-state index in [1.165, 1.54) is 13.2 Å². The fourth-order valence-corrected chi connectivity index (χ4v) is 1.63. The zero-order valence-corrected chi connectivity index (χ0v) is 9.78. The SMILES string of the molecule is COc1cc(Cl)ccc1-c1nc(N)cc(=O)[nH]1. The molecule has 0 aliphatic rings. The predicted molar refractivity (Wildman–Crippen MR) is 66.3 cm³/mol. The first-order chi connectivity index (χ1) is 8.10. The van der Waals surface area contributed by atoms with Gasteiger partial charge in [-0.05, 0) is 18.2 Å². The zero-order chi connectivity index (χ0) is 12.4. The van der Waals surface area contributed by atoms with Gasteiger partial charge in [-0.2, -0.15) is 0 Å². The van der Waals surface area contributed by atoms with Crippen molar-refractivity contribution in [1.82, 2.24) is 9.97 Å². The summed E-state index contributed by atoms with van der Waals surface area (Å²) in [4.78, 5) is 17.9. The monoisotopic (exact) mass is 251 g/mol. The molecule has 1 aromatic heterocycles. The summed E-state index contributed by atoms with van der Waals surface area (Å²) < 4.78 is 5.17. The van der Waals surface area contributed by atoms with Crippen molar-refractivity contribution in [3.8, 4) is 17.1 Å². The lowest BCUT2D eigenvalue weighted by Gasteiger charge is -2.08. The Morgan fingerprint density at radius 3 is 2.82 bits per heavy atom. The number of hydrogen-bond donors (Lipinski definition) is 2. The van der Waals surface area contributed by atoms with E-state index < -0.39 is 0 Å². The quantitative estimate of drug-likeness (QED) is 0.851. The summed E-state index contributed by atoms with van der Waals surface area (Å²) in [5, 5.41) is 0.539. The molecule has 0 saturated heterocycles. The Morgan fingerprint density at radius 1 is 1.41 bits per heavy atom. The molecule has 2 rings (SSSR count). The van der Waals surface area contributed by atoms with E-state index in [2.05, 4.69) is 9.97 Å². The molecule has 0 unspecified atom stereocenters. The second-order valence-corrected chi connectivity index (χ2v) is 3.80. The number of nitrogens with one attached hydrogen (secondary N) is 1. The van der Waals surface area contributed by atoms with E-state index in [0.29, 0.717) is 22.2 Å². The molecule has 2 aromatic rings. The van der Waals surface area contributed by atoms with Gasteiger partial charge in [0.2, 0.25) is 0 Å². The van der Waals surface area contributed by atoms with Crippen LogP contribution in [0.3, 0.4) is 0 Å². The second kappa shape index (κ2) is 4.47. The first-order valence-corrected chi connectivity index (χ1v) is 5.18. The number of ether oxygens (including phenoxy) is 1. The minimum absolute atomic E-state index is 0.153. The van der Waals surface area contributed by atoms with Gasteiger partial charge in [0.25, 0.3) is 5.56 Å². The van der Waals surface area contributed by atoms with Crippen molar-refractivity contribution in [2.24, 2.45) is 0 Å². The van der Waals surface area contributed by atoms with Crippen molar-refractivity contribution in [3.63, 3.8) is 0 Å². The second-order valence-electron chi connectivity index (χ2n) is 3.36. The molecule has 1 heterocycles. The number of anilines is 1. The molecule has 0 aliphatic heterocycles. The largest absolute Gasteiger partial charge is 0.496 e. The highest BCUT2D eigenvalue weighted by Crippen LogP contribution is 2.29. The Bertz CT molecular complexity index is 610. The van der Waals surface area contributed by atoms with Gasteiger partial charge in [-0.1, -0.05) is 11.6 Å². The van der Waals surface area contributed by atoms with E-state index >= 15 is 0 Å². The minimum Gasteiger partial charge on any atom is -0.496 e. The number of methoxy groups -OCH3 is 1. The van der Waals surface area contributed by atoms with Gasteiger partial charge in [-0.3, -0.25) is 4.79 Å². The lowest BCUT2D eigenvalue weighted by molar-refractivity contribution is 0.416. The van der Waals surface area contributed by atoms with Crippen LogP contribution in [-0.4, -0.2) is 17.1 Å². The molecule has 0 saturated carbocycles. The van der Waals surface area contributed by atoms with Crippen LogP contribution in [0.1, 0.15) is 0 Å². The van der Waals surface area contributed by atoms with Gasteiger partial charge in [-0.25, -0.2) is 4.98 Å². The number of halogens is 1. The Balaban J connectivity index is 2.63. The number of H-pyrrole nitrogens is 1. The summed E-state index contributed by atoms with van der Waals surface area (Å²) >= 11 is 5.85. The first kappa shape index (κ1) is 11.5. The molecule has 1 aromatic carbocycles. The maximum absolute atomic E-state index is 11.3. The highest BCUT2D eigenvalue weighted by atomic mass is 35.5. The van der Waals surface area contributed by atoms with E-state index in [9.17, 15) is 4.79 Å². The van der Waals surface area contributed by atoms with Gasteiger partial charge in [0, 0.05) is 11.1 Å². The highest BCUT2D eigenvalue weighted by molar-refractivity contribution is 6.30. The summed E-state index contributed by atoms with van der Waals surface area (Å²) in [6.45, 7) is 0. The molecule has 0 atom stereocenters. The Kier molecular flexibility index (Phi) is 3.01. The molecule has 88 valence electrons.